The third-order valence-corrected chi connectivity index (χ3v) is 10.8. The average molecular weight is 640 g/mol. The van der Waals surface area contributed by atoms with Crippen LogP contribution in [-0.4, -0.2) is 0 Å². The van der Waals surface area contributed by atoms with Crippen LogP contribution in [-0.2, 0) is 5.41 Å². The third-order valence-electron chi connectivity index (χ3n) is 10.8. The highest BCUT2D eigenvalue weighted by Gasteiger charge is 2.40. The van der Waals surface area contributed by atoms with Gasteiger partial charge in [-0.2, -0.15) is 0 Å². The van der Waals surface area contributed by atoms with Crippen molar-refractivity contribution < 1.29 is 4.42 Å². The maximum absolute atomic E-state index is 6.64. The second-order valence-electron chi connectivity index (χ2n) is 13.5. The molecule has 0 amide bonds. The lowest BCUT2D eigenvalue weighted by atomic mass is 9.74. The van der Waals surface area contributed by atoms with Crippen molar-refractivity contribution in [3.63, 3.8) is 0 Å². The molecule has 1 heterocycles. The molecule has 0 bridgehead atoms. The van der Waals surface area contributed by atoms with Gasteiger partial charge in [-0.1, -0.05) is 133 Å². The molecule has 8 aromatic carbocycles. The molecule has 10 rings (SSSR count). The zero-order valence-electron chi connectivity index (χ0n) is 27.7. The summed E-state index contributed by atoms with van der Waals surface area (Å²) in [7, 11) is 0. The highest BCUT2D eigenvalue weighted by atomic mass is 16.3. The number of hydrogen-bond donors (Lipinski definition) is 0. The summed E-state index contributed by atoms with van der Waals surface area (Å²) in [6.07, 6.45) is 0. The molecule has 1 aliphatic rings. The van der Waals surface area contributed by atoms with E-state index in [0.717, 1.165) is 39.0 Å². The van der Waals surface area contributed by atoms with Crippen molar-refractivity contribution in [2.45, 2.75) is 12.3 Å². The van der Waals surface area contributed by atoms with Gasteiger partial charge in [-0.05, 0) is 93.7 Å². The summed E-state index contributed by atoms with van der Waals surface area (Å²) >= 11 is 0. The van der Waals surface area contributed by atoms with Crippen LogP contribution < -0.4 is 4.90 Å². The van der Waals surface area contributed by atoms with Crippen LogP contribution in [0.1, 0.15) is 23.6 Å². The molecule has 0 radical (unpaired) electrons. The first-order chi connectivity index (χ1) is 24.7. The average Bonchev–Trinajstić information content (AvgIpc) is 3.68. The van der Waals surface area contributed by atoms with E-state index in [4.69, 9.17) is 4.42 Å². The number of fused-ring (bicyclic) bond motifs is 7. The quantitative estimate of drug-likeness (QED) is 0.186. The molecule has 1 aromatic heterocycles. The summed E-state index contributed by atoms with van der Waals surface area (Å²) in [6, 6.07) is 65.6. The first kappa shape index (κ1) is 28.6. The fourth-order valence-electron chi connectivity index (χ4n) is 8.24. The SMILES string of the molecule is CC1(c2ccc3oc4cc(N(c5ccc(-c6ccccc6)cc5)c5cccc6ccccc56)ccc4c3c2)c2ccccc2-c2ccccc21. The van der Waals surface area contributed by atoms with Gasteiger partial charge in [0.25, 0.3) is 0 Å². The third kappa shape index (κ3) is 4.28. The fourth-order valence-corrected chi connectivity index (χ4v) is 8.24. The summed E-state index contributed by atoms with van der Waals surface area (Å²) in [5.41, 5.74) is 13.8. The van der Waals surface area contributed by atoms with E-state index in [9.17, 15) is 0 Å². The van der Waals surface area contributed by atoms with Crippen LogP contribution in [0.15, 0.2) is 186 Å². The second-order valence-corrected chi connectivity index (χ2v) is 13.5. The van der Waals surface area contributed by atoms with Crippen molar-refractivity contribution in [1.82, 2.24) is 0 Å². The highest BCUT2D eigenvalue weighted by Crippen LogP contribution is 2.53. The minimum atomic E-state index is -0.262. The number of rotatable bonds is 5. The largest absolute Gasteiger partial charge is 0.456 e. The Morgan fingerprint density at radius 3 is 1.86 bits per heavy atom. The highest BCUT2D eigenvalue weighted by molar-refractivity contribution is 6.07. The van der Waals surface area contributed by atoms with E-state index < -0.39 is 0 Å². The van der Waals surface area contributed by atoms with E-state index >= 15 is 0 Å². The Bertz CT molecular complexity index is 2670. The molecule has 0 spiro atoms. The van der Waals surface area contributed by atoms with Gasteiger partial charge in [0, 0.05) is 39.0 Å². The molecule has 0 aliphatic heterocycles. The van der Waals surface area contributed by atoms with Gasteiger partial charge in [0.2, 0.25) is 0 Å². The summed E-state index contributed by atoms with van der Waals surface area (Å²) in [5, 5.41) is 4.65. The number of benzene rings is 8. The molecule has 0 saturated heterocycles. The monoisotopic (exact) mass is 639 g/mol. The van der Waals surface area contributed by atoms with Crippen molar-refractivity contribution in [3.8, 4) is 22.3 Å². The lowest BCUT2D eigenvalue weighted by Crippen LogP contribution is -2.22. The predicted molar refractivity (Wildman–Crippen MR) is 209 cm³/mol. The summed E-state index contributed by atoms with van der Waals surface area (Å²) in [6.45, 7) is 2.37. The number of anilines is 3. The fraction of sp³-hybridized carbons (Fsp3) is 0.0417. The molecule has 1 aliphatic carbocycles. The molecular formula is C48H33NO. The molecule has 2 heteroatoms. The van der Waals surface area contributed by atoms with Crippen LogP contribution in [0.2, 0.25) is 0 Å². The van der Waals surface area contributed by atoms with Gasteiger partial charge in [0.15, 0.2) is 0 Å². The molecule has 0 atom stereocenters. The number of hydrogen-bond acceptors (Lipinski definition) is 2. The Labute approximate surface area is 291 Å². The lowest BCUT2D eigenvalue weighted by molar-refractivity contribution is 0.667. The predicted octanol–water partition coefficient (Wildman–Crippen LogP) is 13.2. The molecule has 236 valence electrons. The molecule has 0 fully saturated rings. The maximum Gasteiger partial charge on any atom is 0.137 e. The Morgan fingerprint density at radius 1 is 0.440 bits per heavy atom. The molecule has 9 aromatic rings. The Kier molecular flexibility index (Phi) is 6.34. The molecular weight excluding hydrogens is 607 g/mol. The van der Waals surface area contributed by atoms with Crippen molar-refractivity contribution >= 4 is 49.8 Å². The zero-order chi connectivity index (χ0) is 33.2. The van der Waals surface area contributed by atoms with Gasteiger partial charge in [0.05, 0.1) is 5.69 Å². The van der Waals surface area contributed by atoms with E-state index in [2.05, 4.69) is 194 Å². The van der Waals surface area contributed by atoms with E-state index in [1.807, 2.05) is 0 Å². The Morgan fingerprint density at radius 2 is 1.08 bits per heavy atom. The minimum Gasteiger partial charge on any atom is -0.456 e. The summed E-state index contributed by atoms with van der Waals surface area (Å²) in [5.74, 6) is 0. The first-order valence-corrected chi connectivity index (χ1v) is 17.3. The van der Waals surface area contributed by atoms with Crippen molar-refractivity contribution in [2.24, 2.45) is 0 Å². The van der Waals surface area contributed by atoms with Gasteiger partial charge in [-0.3, -0.25) is 0 Å². The number of nitrogens with zero attached hydrogens (tertiary/aromatic N) is 1. The smallest absolute Gasteiger partial charge is 0.137 e. The van der Waals surface area contributed by atoms with Gasteiger partial charge < -0.3 is 9.32 Å². The Balaban J connectivity index is 1.12. The topological polar surface area (TPSA) is 16.4 Å². The van der Waals surface area contributed by atoms with Crippen LogP contribution in [0.3, 0.4) is 0 Å². The molecule has 0 saturated carbocycles. The van der Waals surface area contributed by atoms with E-state index in [1.54, 1.807) is 0 Å². The molecule has 0 unspecified atom stereocenters. The standard InChI is InChI=1S/C48H33NO/c1-48(43-19-9-7-17-39(43)40-18-8-10-20-44(40)48)35-24-29-46-42(30-35)41-28-27-37(31-47(41)50-46)49(45-21-11-15-34-14-5-6-16-38(34)45)36-25-22-33(23-26-36)32-12-3-2-4-13-32/h2-31H,1H3. The van der Waals surface area contributed by atoms with Crippen molar-refractivity contribution in [2.75, 3.05) is 4.90 Å². The second kappa shape index (κ2) is 11.1. The first-order valence-electron chi connectivity index (χ1n) is 17.3. The summed E-state index contributed by atoms with van der Waals surface area (Å²) in [4.78, 5) is 2.35. The van der Waals surface area contributed by atoms with Crippen molar-refractivity contribution in [1.29, 1.82) is 0 Å². The van der Waals surface area contributed by atoms with Crippen LogP contribution in [0.25, 0.3) is 55.0 Å². The van der Waals surface area contributed by atoms with Crippen molar-refractivity contribution in [3.05, 3.63) is 199 Å². The van der Waals surface area contributed by atoms with E-state index in [1.165, 1.54) is 49.7 Å². The van der Waals surface area contributed by atoms with Gasteiger partial charge >= 0.3 is 0 Å². The van der Waals surface area contributed by atoms with Gasteiger partial charge in [0.1, 0.15) is 11.2 Å². The van der Waals surface area contributed by atoms with Gasteiger partial charge in [-0.25, -0.2) is 0 Å². The van der Waals surface area contributed by atoms with Gasteiger partial charge in [-0.15, -0.1) is 0 Å². The Hall–Kier alpha value is -6.38. The maximum atomic E-state index is 6.64. The van der Waals surface area contributed by atoms with Crippen LogP contribution in [0.4, 0.5) is 17.1 Å². The summed E-state index contributed by atoms with van der Waals surface area (Å²) < 4.78 is 6.64. The number of furan rings is 1. The van der Waals surface area contributed by atoms with Crippen LogP contribution >= 0.6 is 0 Å². The molecule has 2 nitrogen and oxygen atoms in total. The van der Waals surface area contributed by atoms with E-state index in [0.29, 0.717) is 0 Å². The van der Waals surface area contributed by atoms with Crippen LogP contribution in [0, 0.1) is 0 Å². The zero-order valence-corrected chi connectivity index (χ0v) is 27.7. The lowest BCUT2D eigenvalue weighted by Gasteiger charge is -2.28. The van der Waals surface area contributed by atoms with Crippen LogP contribution in [0.5, 0.6) is 0 Å². The minimum absolute atomic E-state index is 0.262. The molecule has 0 N–H and O–H groups in total. The molecule has 50 heavy (non-hydrogen) atoms. The van der Waals surface area contributed by atoms with E-state index in [-0.39, 0.29) is 5.41 Å². The normalized spacial score (nSPS) is 13.1.